The predicted octanol–water partition coefficient (Wildman–Crippen LogP) is 3.17. The third-order valence-corrected chi connectivity index (χ3v) is 4.82. The Morgan fingerprint density at radius 1 is 1.18 bits per heavy atom. The Morgan fingerprint density at radius 2 is 1.94 bits per heavy atom. The van der Waals surface area contributed by atoms with E-state index in [0.29, 0.717) is 5.54 Å². The first-order chi connectivity index (χ1) is 8.29. The molecule has 0 bridgehead atoms. The van der Waals surface area contributed by atoms with Crippen LogP contribution >= 0.6 is 0 Å². The van der Waals surface area contributed by atoms with Gasteiger partial charge in [-0.25, -0.2) is 0 Å². The van der Waals surface area contributed by atoms with Crippen LogP contribution in [0.4, 0.5) is 0 Å². The van der Waals surface area contributed by atoms with E-state index in [9.17, 15) is 0 Å². The third-order valence-electron chi connectivity index (χ3n) is 4.82. The van der Waals surface area contributed by atoms with Crippen LogP contribution in [0.1, 0.15) is 65.2 Å². The van der Waals surface area contributed by atoms with E-state index >= 15 is 0 Å². The van der Waals surface area contributed by atoms with Crippen molar-refractivity contribution in [3.05, 3.63) is 0 Å². The summed E-state index contributed by atoms with van der Waals surface area (Å²) in [5.41, 5.74) is 0.498. The molecule has 1 saturated heterocycles. The zero-order valence-electron chi connectivity index (χ0n) is 11.8. The molecule has 1 aliphatic carbocycles. The minimum absolute atomic E-state index is 0.498. The summed E-state index contributed by atoms with van der Waals surface area (Å²) in [6, 6.07) is 0.790. The summed E-state index contributed by atoms with van der Waals surface area (Å²) in [5, 5.41) is 3.87. The van der Waals surface area contributed by atoms with Crippen molar-refractivity contribution in [1.29, 1.82) is 0 Å². The molecule has 2 nitrogen and oxygen atoms in total. The fourth-order valence-electron chi connectivity index (χ4n) is 3.65. The van der Waals surface area contributed by atoms with Crippen LogP contribution in [0.3, 0.4) is 0 Å². The van der Waals surface area contributed by atoms with Crippen molar-refractivity contribution in [2.75, 3.05) is 19.6 Å². The molecule has 0 aromatic rings. The number of piperazine rings is 1. The monoisotopic (exact) mass is 238 g/mol. The minimum Gasteiger partial charge on any atom is -0.308 e. The zero-order valence-corrected chi connectivity index (χ0v) is 11.8. The number of hydrogen-bond donors (Lipinski definition) is 1. The van der Waals surface area contributed by atoms with Crippen molar-refractivity contribution in [1.82, 2.24) is 10.2 Å². The summed E-state index contributed by atoms with van der Waals surface area (Å²) in [6.07, 6.45) is 11.1. The second-order valence-electron chi connectivity index (χ2n) is 6.11. The van der Waals surface area contributed by atoms with Gasteiger partial charge in [-0.2, -0.15) is 0 Å². The summed E-state index contributed by atoms with van der Waals surface area (Å²) < 4.78 is 0. The Hall–Kier alpha value is -0.0800. The van der Waals surface area contributed by atoms with E-state index in [4.69, 9.17) is 0 Å². The van der Waals surface area contributed by atoms with Crippen LogP contribution in [0.5, 0.6) is 0 Å². The maximum absolute atomic E-state index is 3.87. The summed E-state index contributed by atoms with van der Waals surface area (Å²) in [4.78, 5) is 2.79. The lowest BCUT2D eigenvalue weighted by Gasteiger charge is -2.46. The van der Waals surface area contributed by atoms with Crippen molar-refractivity contribution in [3.8, 4) is 0 Å². The second-order valence-corrected chi connectivity index (χ2v) is 6.11. The van der Waals surface area contributed by atoms with E-state index in [0.717, 1.165) is 6.04 Å². The molecule has 100 valence electrons. The van der Waals surface area contributed by atoms with Gasteiger partial charge >= 0.3 is 0 Å². The van der Waals surface area contributed by atoms with Crippen LogP contribution in [-0.2, 0) is 0 Å². The highest BCUT2D eigenvalue weighted by Crippen LogP contribution is 2.33. The predicted molar refractivity (Wildman–Crippen MR) is 74.4 cm³/mol. The Labute approximate surface area is 107 Å². The molecule has 1 N–H and O–H groups in total. The first kappa shape index (κ1) is 13.4. The van der Waals surface area contributed by atoms with E-state index < -0.39 is 0 Å². The smallest absolute Gasteiger partial charge is 0.0309 e. The summed E-state index contributed by atoms with van der Waals surface area (Å²) in [7, 11) is 0. The first-order valence-corrected chi connectivity index (χ1v) is 7.79. The molecular weight excluding hydrogens is 208 g/mol. The maximum atomic E-state index is 3.87. The molecule has 0 radical (unpaired) electrons. The lowest BCUT2D eigenvalue weighted by molar-refractivity contribution is 0.0768. The van der Waals surface area contributed by atoms with Crippen molar-refractivity contribution in [2.24, 2.45) is 0 Å². The van der Waals surface area contributed by atoms with Crippen LogP contribution in [0.15, 0.2) is 0 Å². The van der Waals surface area contributed by atoms with Gasteiger partial charge in [0.15, 0.2) is 0 Å². The van der Waals surface area contributed by atoms with Crippen LogP contribution in [0.2, 0.25) is 0 Å². The van der Waals surface area contributed by atoms with E-state index in [1.165, 1.54) is 71.0 Å². The van der Waals surface area contributed by atoms with Gasteiger partial charge in [-0.15, -0.1) is 0 Å². The molecule has 0 amide bonds. The highest BCUT2D eigenvalue weighted by Gasteiger charge is 2.40. The van der Waals surface area contributed by atoms with E-state index in [1.807, 2.05) is 0 Å². The minimum atomic E-state index is 0.498. The molecule has 2 rings (SSSR count). The average molecular weight is 238 g/mol. The van der Waals surface area contributed by atoms with E-state index in [-0.39, 0.29) is 0 Å². The third kappa shape index (κ3) is 3.23. The van der Waals surface area contributed by atoms with Gasteiger partial charge in [-0.05, 0) is 32.2 Å². The Bertz CT molecular complexity index is 221. The van der Waals surface area contributed by atoms with E-state index in [2.05, 4.69) is 24.1 Å². The van der Waals surface area contributed by atoms with Crippen molar-refractivity contribution in [2.45, 2.75) is 76.8 Å². The summed E-state index contributed by atoms with van der Waals surface area (Å²) in [5.74, 6) is 0. The normalized spacial score (nSPS) is 28.9. The van der Waals surface area contributed by atoms with Crippen LogP contribution < -0.4 is 5.32 Å². The fraction of sp³-hybridized carbons (Fsp3) is 1.00. The van der Waals surface area contributed by atoms with Gasteiger partial charge in [-0.3, -0.25) is 4.90 Å². The molecule has 1 aliphatic heterocycles. The second kappa shape index (κ2) is 6.19. The van der Waals surface area contributed by atoms with Gasteiger partial charge < -0.3 is 5.32 Å². The Morgan fingerprint density at radius 3 is 2.59 bits per heavy atom. The average Bonchev–Trinajstić information content (AvgIpc) is 2.78. The molecule has 1 unspecified atom stereocenters. The number of rotatable bonds is 5. The number of unbranched alkanes of at least 4 members (excludes halogenated alkanes) is 2. The Balaban J connectivity index is 1.88. The largest absolute Gasteiger partial charge is 0.308 e. The van der Waals surface area contributed by atoms with Gasteiger partial charge in [0, 0.05) is 24.7 Å². The van der Waals surface area contributed by atoms with Crippen molar-refractivity contribution in [3.63, 3.8) is 0 Å². The summed E-state index contributed by atoms with van der Waals surface area (Å²) >= 11 is 0. The highest BCUT2D eigenvalue weighted by atomic mass is 15.3. The molecule has 17 heavy (non-hydrogen) atoms. The molecule has 0 aromatic carbocycles. The van der Waals surface area contributed by atoms with Gasteiger partial charge in [0.2, 0.25) is 0 Å². The number of hydrogen-bond acceptors (Lipinski definition) is 2. The van der Waals surface area contributed by atoms with Crippen LogP contribution in [-0.4, -0.2) is 36.1 Å². The fourth-order valence-corrected chi connectivity index (χ4v) is 3.65. The quantitative estimate of drug-likeness (QED) is 0.740. The topological polar surface area (TPSA) is 15.3 Å². The molecule has 2 heteroatoms. The van der Waals surface area contributed by atoms with Crippen molar-refractivity contribution >= 4 is 0 Å². The SMILES string of the molecule is CCCCCN1CC2(CCCC2)NCC1CC. The highest BCUT2D eigenvalue weighted by molar-refractivity contribution is 5.00. The van der Waals surface area contributed by atoms with Gasteiger partial charge in [0.05, 0.1) is 0 Å². The molecule has 1 spiro atoms. The molecule has 1 atom stereocenters. The van der Waals surface area contributed by atoms with E-state index in [1.54, 1.807) is 0 Å². The lowest BCUT2D eigenvalue weighted by Crippen LogP contribution is -2.63. The molecule has 2 fully saturated rings. The number of nitrogens with one attached hydrogen (secondary N) is 1. The summed E-state index contributed by atoms with van der Waals surface area (Å²) in [6.45, 7) is 8.51. The molecule has 1 heterocycles. The van der Waals surface area contributed by atoms with Crippen LogP contribution in [0.25, 0.3) is 0 Å². The van der Waals surface area contributed by atoms with Gasteiger partial charge in [0.1, 0.15) is 0 Å². The number of nitrogens with zero attached hydrogens (tertiary/aromatic N) is 1. The molecule has 2 aliphatic rings. The lowest BCUT2D eigenvalue weighted by atomic mass is 9.91. The van der Waals surface area contributed by atoms with Gasteiger partial charge in [-0.1, -0.05) is 39.5 Å². The first-order valence-electron chi connectivity index (χ1n) is 7.79. The molecular formula is C15H30N2. The Kier molecular flexibility index (Phi) is 4.87. The van der Waals surface area contributed by atoms with Gasteiger partial charge in [0.25, 0.3) is 0 Å². The molecule has 0 aromatic heterocycles. The van der Waals surface area contributed by atoms with Crippen LogP contribution in [0, 0.1) is 0 Å². The molecule has 1 saturated carbocycles. The maximum Gasteiger partial charge on any atom is 0.0309 e. The zero-order chi connectivity index (χ0) is 12.1. The van der Waals surface area contributed by atoms with Crippen molar-refractivity contribution < 1.29 is 0 Å². The standard InChI is InChI=1S/C15H30N2/c1-3-5-8-11-17-13-15(9-6-7-10-15)16-12-14(17)4-2/h14,16H,3-13H2,1-2H3.